The SMILES string of the molecule is O=C=NC(CCCCCC(=O)O)N=C=O. The minimum atomic E-state index is -0.830. The summed E-state index contributed by atoms with van der Waals surface area (Å²) in [6.07, 6.45) is 4.41. The maximum atomic E-state index is 10.2. The van der Waals surface area contributed by atoms with Crippen LogP contribution >= 0.6 is 0 Å². The average Bonchev–Trinajstić information content (AvgIpc) is 2.17. The lowest BCUT2D eigenvalue weighted by molar-refractivity contribution is -0.137. The van der Waals surface area contributed by atoms with Crippen molar-refractivity contribution in [1.29, 1.82) is 0 Å². The highest BCUT2D eigenvalue weighted by Crippen LogP contribution is 2.08. The smallest absolute Gasteiger partial charge is 0.303 e. The lowest BCUT2D eigenvalue weighted by Gasteiger charge is -2.01. The largest absolute Gasteiger partial charge is 0.481 e. The molecule has 0 spiro atoms. The molecule has 0 aliphatic rings. The van der Waals surface area contributed by atoms with Gasteiger partial charge >= 0.3 is 5.97 Å². The van der Waals surface area contributed by atoms with E-state index < -0.39 is 12.1 Å². The Labute approximate surface area is 86.7 Å². The van der Waals surface area contributed by atoms with Crippen molar-refractivity contribution in [2.24, 2.45) is 9.98 Å². The monoisotopic (exact) mass is 212 g/mol. The quantitative estimate of drug-likeness (QED) is 0.369. The zero-order valence-electron chi connectivity index (χ0n) is 8.18. The zero-order chi connectivity index (χ0) is 11.5. The molecule has 0 aliphatic heterocycles. The number of hydrogen-bond acceptors (Lipinski definition) is 5. The number of carbonyl (C=O) groups excluding carboxylic acids is 2. The van der Waals surface area contributed by atoms with Crippen molar-refractivity contribution in [1.82, 2.24) is 0 Å². The Morgan fingerprint density at radius 3 is 2.20 bits per heavy atom. The molecule has 0 atom stereocenters. The molecule has 0 unspecified atom stereocenters. The predicted octanol–water partition coefficient (Wildman–Crippen LogP) is 1.02. The summed E-state index contributed by atoms with van der Waals surface area (Å²) < 4.78 is 0. The lowest BCUT2D eigenvalue weighted by Crippen LogP contribution is -2.00. The Morgan fingerprint density at radius 2 is 1.73 bits per heavy atom. The van der Waals surface area contributed by atoms with Gasteiger partial charge in [-0.25, -0.2) is 9.59 Å². The first-order valence-electron chi connectivity index (χ1n) is 4.56. The molecule has 1 N–H and O–H groups in total. The number of carboxylic acid groups (broad SMARTS) is 1. The maximum absolute atomic E-state index is 10.2. The second-order valence-corrected chi connectivity index (χ2v) is 2.91. The minimum Gasteiger partial charge on any atom is -0.481 e. The summed E-state index contributed by atoms with van der Waals surface area (Å²) in [5.74, 6) is -0.830. The van der Waals surface area contributed by atoms with Gasteiger partial charge < -0.3 is 5.11 Å². The second kappa shape index (κ2) is 8.81. The van der Waals surface area contributed by atoms with Crippen LogP contribution in [0.15, 0.2) is 9.98 Å². The Bertz CT molecular complexity index is 272. The van der Waals surface area contributed by atoms with Gasteiger partial charge in [0.2, 0.25) is 12.2 Å². The molecular weight excluding hydrogens is 200 g/mol. The van der Waals surface area contributed by atoms with Gasteiger partial charge in [0.1, 0.15) is 0 Å². The fraction of sp³-hybridized carbons (Fsp3) is 0.667. The van der Waals surface area contributed by atoms with Crippen LogP contribution in [0.3, 0.4) is 0 Å². The standard InChI is InChI=1S/C9H12N2O4/c12-6-10-8(11-7-13)4-2-1-3-5-9(14)15/h8H,1-5H2,(H,14,15). The fourth-order valence-corrected chi connectivity index (χ4v) is 1.06. The van der Waals surface area contributed by atoms with Gasteiger partial charge in [-0.3, -0.25) is 4.79 Å². The maximum Gasteiger partial charge on any atom is 0.303 e. The van der Waals surface area contributed by atoms with Crippen LogP contribution in [-0.2, 0) is 14.4 Å². The van der Waals surface area contributed by atoms with Gasteiger partial charge in [0, 0.05) is 6.42 Å². The van der Waals surface area contributed by atoms with E-state index in [0.29, 0.717) is 25.7 Å². The number of isocyanates is 2. The van der Waals surface area contributed by atoms with Crippen molar-refractivity contribution in [3.8, 4) is 0 Å². The van der Waals surface area contributed by atoms with Crippen LogP contribution in [0.25, 0.3) is 0 Å². The number of nitrogens with zero attached hydrogens (tertiary/aromatic N) is 2. The molecule has 6 nitrogen and oxygen atoms in total. The molecule has 0 bridgehead atoms. The van der Waals surface area contributed by atoms with Crippen molar-refractivity contribution in [2.75, 3.05) is 0 Å². The molecule has 82 valence electrons. The molecule has 0 aliphatic carbocycles. The van der Waals surface area contributed by atoms with Gasteiger partial charge in [0.25, 0.3) is 0 Å². The second-order valence-electron chi connectivity index (χ2n) is 2.91. The molecule has 0 heterocycles. The highest BCUT2D eigenvalue weighted by Gasteiger charge is 2.04. The number of hydrogen-bond donors (Lipinski definition) is 1. The molecule has 0 aromatic carbocycles. The Hall–Kier alpha value is -1.77. The lowest BCUT2D eigenvalue weighted by atomic mass is 10.1. The van der Waals surface area contributed by atoms with E-state index in [1.165, 1.54) is 12.2 Å². The first kappa shape index (κ1) is 13.2. The molecule has 0 amide bonds. The number of rotatable bonds is 8. The van der Waals surface area contributed by atoms with Gasteiger partial charge in [0.05, 0.1) is 0 Å². The van der Waals surface area contributed by atoms with Crippen molar-refractivity contribution < 1.29 is 19.5 Å². The third-order valence-electron chi connectivity index (χ3n) is 1.76. The van der Waals surface area contributed by atoms with Gasteiger partial charge in [-0.05, 0) is 19.3 Å². The van der Waals surface area contributed by atoms with Crippen LogP contribution in [0, 0.1) is 0 Å². The van der Waals surface area contributed by atoms with Gasteiger partial charge in [0.15, 0.2) is 6.17 Å². The predicted molar refractivity (Wildman–Crippen MR) is 50.8 cm³/mol. The van der Waals surface area contributed by atoms with Crippen molar-refractivity contribution in [3.05, 3.63) is 0 Å². The molecule has 15 heavy (non-hydrogen) atoms. The number of carbonyl (C=O) groups is 1. The number of aliphatic imine (C=N–C) groups is 2. The molecule has 6 heteroatoms. The molecule has 0 rings (SSSR count). The molecular formula is C9H12N2O4. The summed E-state index contributed by atoms with van der Waals surface area (Å²) in [6, 6.07) is 0. The molecule has 0 saturated heterocycles. The molecule has 0 fully saturated rings. The van der Waals surface area contributed by atoms with E-state index in [0.717, 1.165) is 0 Å². The summed E-state index contributed by atoms with van der Waals surface area (Å²) in [6.45, 7) is 0. The van der Waals surface area contributed by atoms with E-state index in [-0.39, 0.29) is 6.42 Å². The highest BCUT2D eigenvalue weighted by atomic mass is 16.4. The summed E-state index contributed by atoms with van der Waals surface area (Å²) in [5.41, 5.74) is 0. The van der Waals surface area contributed by atoms with E-state index in [4.69, 9.17) is 5.11 Å². The fourth-order valence-electron chi connectivity index (χ4n) is 1.06. The third-order valence-corrected chi connectivity index (χ3v) is 1.76. The number of carboxylic acids is 1. The molecule has 0 aromatic rings. The van der Waals surface area contributed by atoms with Crippen molar-refractivity contribution in [2.45, 2.75) is 38.3 Å². The van der Waals surface area contributed by atoms with Crippen molar-refractivity contribution in [3.63, 3.8) is 0 Å². The number of aliphatic carboxylic acids is 1. The average molecular weight is 212 g/mol. The highest BCUT2D eigenvalue weighted by molar-refractivity contribution is 5.66. The minimum absolute atomic E-state index is 0.124. The van der Waals surface area contributed by atoms with E-state index >= 15 is 0 Å². The van der Waals surface area contributed by atoms with E-state index in [1.807, 2.05) is 0 Å². The number of unbranched alkanes of at least 4 members (excludes halogenated alkanes) is 2. The summed E-state index contributed by atoms with van der Waals surface area (Å²) in [7, 11) is 0. The Balaban J connectivity index is 3.67. The van der Waals surface area contributed by atoms with Crippen LogP contribution < -0.4 is 0 Å². The summed E-state index contributed by atoms with van der Waals surface area (Å²) >= 11 is 0. The van der Waals surface area contributed by atoms with Crippen LogP contribution in [0.5, 0.6) is 0 Å². The molecule has 0 aromatic heterocycles. The molecule has 0 saturated carbocycles. The third kappa shape index (κ3) is 8.56. The van der Waals surface area contributed by atoms with Gasteiger partial charge in [-0.1, -0.05) is 6.42 Å². The molecule has 0 radical (unpaired) electrons. The van der Waals surface area contributed by atoms with E-state index in [9.17, 15) is 14.4 Å². The first-order valence-corrected chi connectivity index (χ1v) is 4.56. The van der Waals surface area contributed by atoms with Crippen LogP contribution in [0.2, 0.25) is 0 Å². The summed E-state index contributed by atoms with van der Waals surface area (Å²) in [4.78, 5) is 36.6. The Kier molecular flexibility index (Phi) is 7.77. The van der Waals surface area contributed by atoms with E-state index in [1.54, 1.807) is 0 Å². The normalized spacial score (nSPS) is 10.9. The van der Waals surface area contributed by atoms with Gasteiger partial charge in [-0.15, -0.1) is 0 Å². The van der Waals surface area contributed by atoms with Crippen LogP contribution in [0.1, 0.15) is 32.1 Å². The Morgan fingerprint density at radius 1 is 1.13 bits per heavy atom. The zero-order valence-corrected chi connectivity index (χ0v) is 8.18. The topological polar surface area (TPSA) is 96.2 Å². The summed E-state index contributed by atoms with van der Waals surface area (Å²) in [5, 5.41) is 8.35. The van der Waals surface area contributed by atoms with E-state index in [2.05, 4.69) is 9.98 Å². The first-order chi connectivity index (χ1) is 7.20. The van der Waals surface area contributed by atoms with Gasteiger partial charge in [-0.2, -0.15) is 9.98 Å². The van der Waals surface area contributed by atoms with Crippen molar-refractivity contribution >= 4 is 18.1 Å². The van der Waals surface area contributed by atoms with Crippen LogP contribution in [0.4, 0.5) is 0 Å². The van der Waals surface area contributed by atoms with Crippen LogP contribution in [-0.4, -0.2) is 29.4 Å².